The molecule has 1 atom stereocenters. The minimum absolute atomic E-state index is 0.146. The van der Waals surface area contributed by atoms with E-state index in [-0.39, 0.29) is 17.9 Å². The summed E-state index contributed by atoms with van der Waals surface area (Å²) in [5.41, 5.74) is 0.548. The summed E-state index contributed by atoms with van der Waals surface area (Å²) < 4.78 is 7.08. The lowest BCUT2D eigenvalue weighted by Crippen LogP contribution is -2.36. The van der Waals surface area contributed by atoms with Crippen LogP contribution in [0.4, 0.5) is 0 Å². The van der Waals surface area contributed by atoms with Crippen molar-refractivity contribution < 1.29 is 14.3 Å². The van der Waals surface area contributed by atoms with E-state index in [0.29, 0.717) is 34.6 Å². The van der Waals surface area contributed by atoms with Gasteiger partial charge in [0.05, 0.1) is 18.9 Å². The van der Waals surface area contributed by atoms with Crippen LogP contribution in [-0.2, 0) is 11.3 Å². The molecule has 162 valence electrons. The van der Waals surface area contributed by atoms with Gasteiger partial charge in [-0.25, -0.2) is 0 Å². The molecule has 0 bridgehead atoms. The fourth-order valence-electron chi connectivity index (χ4n) is 3.47. The largest absolute Gasteiger partial charge is 0.497 e. The van der Waals surface area contributed by atoms with Gasteiger partial charge >= 0.3 is 0 Å². The first kappa shape index (κ1) is 22.1. The highest BCUT2D eigenvalue weighted by atomic mass is 32.2. The van der Waals surface area contributed by atoms with Crippen molar-refractivity contribution in [1.82, 2.24) is 25.0 Å². The highest BCUT2D eigenvalue weighted by Crippen LogP contribution is 2.22. The van der Waals surface area contributed by atoms with Crippen molar-refractivity contribution >= 4 is 23.6 Å². The molecule has 1 N–H and O–H groups in total. The number of benzene rings is 1. The van der Waals surface area contributed by atoms with Gasteiger partial charge in [0.25, 0.3) is 5.91 Å². The van der Waals surface area contributed by atoms with Crippen LogP contribution < -0.4 is 10.1 Å². The zero-order valence-electron chi connectivity index (χ0n) is 17.8. The Bertz CT molecular complexity index is 862. The Morgan fingerprint density at radius 1 is 1.17 bits per heavy atom. The second kappa shape index (κ2) is 10.5. The third kappa shape index (κ3) is 5.33. The Labute approximate surface area is 181 Å². The lowest BCUT2D eigenvalue weighted by atomic mass is 10.1. The topological polar surface area (TPSA) is 89.4 Å². The second-order valence-corrected chi connectivity index (χ2v) is 8.18. The van der Waals surface area contributed by atoms with Crippen LogP contribution in [0.5, 0.6) is 5.75 Å². The molecule has 2 aromatic rings. The molecule has 9 heteroatoms. The minimum atomic E-state index is -0.320. The number of carbonyl (C=O) groups is 2. The Morgan fingerprint density at radius 3 is 2.50 bits per heavy atom. The van der Waals surface area contributed by atoms with Gasteiger partial charge in [-0.15, -0.1) is 10.2 Å². The molecule has 0 aliphatic carbocycles. The van der Waals surface area contributed by atoms with Gasteiger partial charge < -0.3 is 19.5 Å². The van der Waals surface area contributed by atoms with Crippen LogP contribution in [0.2, 0.25) is 0 Å². The van der Waals surface area contributed by atoms with E-state index in [9.17, 15) is 9.59 Å². The molecule has 0 saturated carbocycles. The zero-order valence-corrected chi connectivity index (χ0v) is 18.6. The Balaban J connectivity index is 1.61. The molecular formula is C21H29N5O3S. The van der Waals surface area contributed by atoms with Gasteiger partial charge in [0, 0.05) is 25.2 Å². The minimum Gasteiger partial charge on any atom is -0.497 e. The first-order valence-corrected chi connectivity index (χ1v) is 11.3. The number of aromatic nitrogens is 3. The van der Waals surface area contributed by atoms with E-state index in [4.69, 9.17) is 4.74 Å². The van der Waals surface area contributed by atoms with E-state index in [1.807, 2.05) is 23.3 Å². The molecule has 1 aromatic heterocycles. The Morgan fingerprint density at radius 2 is 1.87 bits per heavy atom. The van der Waals surface area contributed by atoms with E-state index in [1.54, 1.807) is 31.4 Å². The lowest BCUT2D eigenvalue weighted by Gasteiger charge is -2.26. The number of methoxy groups -OCH3 is 1. The maximum Gasteiger partial charge on any atom is 0.251 e. The van der Waals surface area contributed by atoms with Gasteiger partial charge in [0.15, 0.2) is 11.0 Å². The Hall–Kier alpha value is -2.55. The molecule has 1 aliphatic heterocycles. The average Bonchev–Trinajstić information content (AvgIpc) is 3.21. The predicted molar refractivity (Wildman–Crippen MR) is 116 cm³/mol. The van der Waals surface area contributed by atoms with Crippen molar-refractivity contribution in [2.45, 2.75) is 50.9 Å². The monoisotopic (exact) mass is 431 g/mol. The number of nitrogens with one attached hydrogen (secondary N) is 1. The number of rotatable bonds is 8. The van der Waals surface area contributed by atoms with Crippen LogP contribution in [0.15, 0.2) is 29.4 Å². The van der Waals surface area contributed by atoms with Crippen molar-refractivity contribution in [3.63, 3.8) is 0 Å². The molecule has 1 aliphatic rings. The van der Waals surface area contributed by atoms with Crippen LogP contribution in [0, 0.1) is 0 Å². The van der Waals surface area contributed by atoms with Gasteiger partial charge in [-0.3, -0.25) is 9.59 Å². The molecule has 1 aromatic carbocycles. The second-order valence-electron chi connectivity index (χ2n) is 7.24. The number of hydrogen-bond acceptors (Lipinski definition) is 6. The first-order chi connectivity index (χ1) is 14.5. The van der Waals surface area contributed by atoms with E-state index < -0.39 is 0 Å². The van der Waals surface area contributed by atoms with Gasteiger partial charge in [-0.1, -0.05) is 11.8 Å². The molecule has 8 nitrogen and oxygen atoms in total. The van der Waals surface area contributed by atoms with Crippen LogP contribution in [-0.4, -0.2) is 57.4 Å². The Kier molecular flexibility index (Phi) is 7.73. The van der Waals surface area contributed by atoms with Gasteiger partial charge in [0.2, 0.25) is 5.91 Å². The van der Waals surface area contributed by atoms with Crippen molar-refractivity contribution in [1.29, 1.82) is 0 Å². The molecule has 0 radical (unpaired) electrons. The van der Waals surface area contributed by atoms with Crippen molar-refractivity contribution in [3.8, 4) is 5.75 Å². The third-order valence-electron chi connectivity index (χ3n) is 5.18. The predicted octanol–water partition coefficient (Wildman–Crippen LogP) is 2.90. The molecule has 1 unspecified atom stereocenters. The molecule has 1 saturated heterocycles. The number of carbonyl (C=O) groups excluding carboxylic acids is 2. The fraction of sp³-hybridized carbons (Fsp3) is 0.524. The molecule has 2 heterocycles. The molecule has 30 heavy (non-hydrogen) atoms. The summed E-state index contributed by atoms with van der Waals surface area (Å²) in [7, 11) is 1.59. The standard InChI is InChI=1S/C21H29N5O3S/c1-4-26-19(15(2)22-20(28)16-8-10-17(29-3)11-9-16)23-24-21(26)30-14-18(27)25-12-6-5-7-13-25/h8-11,15H,4-7,12-14H2,1-3H3,(H,22,28). The zero-order chi connectivity index (χ0) is 21.5. The van der Waals surface area contributed by atoms with Crippen LogP contribution in [0.3, 0.4) is 0 Å². The van der Waals surface area contributed by atoms with Gasteiger partial charge in [0.1, 0.15) is 5.75 Å². The van der Waals surface area contributed by atoms with Crippen molar-refractivity contribution in [3.05, 3.63) is 35.7 Å². The third-order valence-corrected chi connectivity index (χ3v) is 6.13. The normalized spacial score (nSPS) is 15.0. The highest BCUT2D eigenvalue weighted by Gasteiger charge is 2.22. The van der Waals surface area contributed by atoms with Crippen LogP contribution >= 0.6 is 11.8 Å². The maximum absolute atomic E-state index is 12.6. The van der Waals surface area contributed by atoms with Crippen molar-refractivity contribution in [2.24, 2.45) is 0 Å². The average molecular weight is 432 g/mol. The fourth-order valence-corrected chi connectivity index (χ4v) is 4.38. The summed E-state index contributed by atoms with van der Waals surface area (Å²) in [6, 6.07) is 6.63. The summed E-state index contributed by atoms with van der Waals surface area (Å²) in [5, 5.41) is 12.2. The number of thioether (sulfide) groups is 1. The van der Waals surface area contributed by atoms with Crippen LogP contribution in [0.1, 0.15) is 55.3 Å². The summed E-state index contributed by atoms with van der Waals surface area (Å²) in [6.45, 7) is 6.23. The number of hydrogen-bond donors (Lipinski definition) is 1. The van der Waals surface area contributed by atoms with Gasteiger partial charge in [-0.05, 0) is 57.4 Å². The molecule has 1 fully saturated rings. The first-order valence-electron chi connectivity index (χ1n) is 10.3. The van der Waals surface area contributed by atoms with E-state index in [2.05, 4.69) is 15.5 Å². The number of amides is 2. The van der Waals surface area contributed by atoms with Gasteiger partial charge in [-0.2, -0.15) is 0 Å². The van der Waals surface area contributed by atoms with E-state index in [1.165, 1.54) is 18.2 Å². The summed E-state index contributed by atoms with van der Waals surface area (Å²) in [5.74, 6) is 1.68. The van der Waals surface area contributed by atoms with Crippen LogP contribution in [0.25, 0.3) is 0 Å². The molecular weight excluding hydrogens is 402 g/mol. The van der Waals surface area contributed by atoms with E-state index in [0.717, 1.165) is 25.9 Å². The number of nitrogens with zero attached hydrogens (tertiary/aromatic N) is 4. The van der Waals surface area contributed by atoms with E-state index >= 15 is 0 Å². The number of piperidine rings is 1. The molecule has 2 amide bonds. The SMILES string of the molecule is CCn1c(SCC(=O)N2CCCCC2)nnc1C(C)NC(=O)c1ccc(OC)cc1. The maximum atomic E-state index is 12.6. The molecule has 0 spiro atoms. The quantitative estimate of drug-likeness (QED) is 0.647. The van der Waals surface area contributed by atoms with Crippen molar-refractivity contribution in [2.75, 3.05) is 26.0 Å². The summed E-state index contributed by atoms with van der Waals surface area (Å²) in [6.07, 6.45) is 3.36. The smallest absolute Gasteiger partial charge is 0.251 e. The summed E-state index contributed by atoms with van der Waals surface area (Å²) in [4.78, 5) is 26.9. The number of ether oxygens (including phenoxy) is 1. The lowest BCUT2D eigenvalue weighted by molar-refractivity contribution is -0.129. The highest BCUT2D eigenvalue weighted by molar-refractivity contribution is 7.99. The molecule has 3 rings (SSSR count). The summed E-state index contributed by atoms with van der Waals surface area (Å²) >= 11 is 1.40. The number of likely N-dealkylation sites (tertiary alicyclic amines) is 1.